The molecule has 4 nitrogen and oxygen atoms in total. The first-order valence-corrected chi connectivity index (χ1v) is 10.4. The third-order valence-corrected chi connectivity index (χ3v) is 5.96. The van der Waals surface area contributed by atoms with E-state index in [2.05, 4.69) is 0 Å². The maximum Gasteiger partial charge on any atom is 0.416 e. The van der Waals surface area contributed by atoms with E-state index in [-0.39, 0.29) is 23.8 Å². The highest BCUT2D eigenvalue weighted by molar-refractivity contribution is 5.97. The van der Waals surface area contributed by atoms with E-state index < -0.39 is 17.7 Å². The van der Waals surface area contributed by atoms with Crippen molar-refractivity contribution < 1.29 is 22.7 Å². The number of hydrogen-bond acceptors (Lipinski definition) is 3. The smallest absolute Gasteiger partial charge is 0.416 e. The molecule has 1 amide bonds. The number of carbonyl (C=O) groups is 1. The van der Waals surface area contributed by atoms with Gasteiger partial charge in [-0.15, -0.1) is 0 Å². The molecule has 2 aromatic carbocycles. The van der Waals surface area contributed by atoms with Gasteiger partial charge in [-0.1, -0.05) is 25.1 Å². The van der Waals surface area contributed by atoms with E-state index in [1.54, 1.807) is 30.2 Å². The van der Waals surface area contributed by atoms with Crippen molar-refractivity contribution in [3.8, 4) is 5.75 Å². The Labute approximate surface area is 181 Å². The number of halogens is 3. The van der Waals surface area contributed by atoms with E-state index in [9.17, 15) is 18.0 Å². The van der Waals surface area contributed by atoms with Crippen LogP contribution >= 0.6 is 0 Å². The van der Waals surface area contributed by atoms with Crippen molar-refractivity contribution in [3.05, 3.63) is 59.2 Å². The fourth-order valence-electron chi connectivity index (χ4n) is 4.27. The zero-order chi connectivity index (χ0) is 22.8. The lowest BCUT2D eigenvalue weighted by Crippen LogP contribution is -2.37. The minimum absolute atomic E-state index is 0.141. The van der Waals surface area contributed by atoms with Crippen LogP contribution in [0.3, 0.4) is 0 Å². The fraction of sp³-hybridized carbons (Fsp3) is 0.458. The van der Waals surface area contributed by atoms with Gasteiger partial charge in [-0.2, -0.15) is 13.2 Å². The van der Waals surface area contributed by atoms with Crippen LogP contribution < -0.4 is 9.64 Å². The van der Waals surface area contributed by atoms with Gasteiger partial charge in [-0.05, 0) is 74.8 Å². The zero-order valence-electron chi connectivity index (χ0n) is 18.4. The van der Waals surface area contributed by atoms with Crippen molar-refractivity contribution in [2.45, 2.75) is 31.9 Å². The van der Waals surface area contributed by atoms with Gasteiger partial charge in [0.2, 0.25) is 5.91 Å². The number of hydrogen-bond donors (Lipinski definition) is 0. The van der Waals surface area contributed by atoms with Crippen LogP contribution in [0, 0.1) is 5.92 Å². The van der Waals surface area contributed by atoms with Gasteiger partial charge in [0.1, 0.15) is 5.75 Å². The number of carbonyl (C=O) groups excluding carboxylic acids is 1. The van der Waals surface area contributed by atoms with Crippen molar-refractivity contribution in [2.75, 3.05) is 39.2 Å². The molecular formula is C24H29F3N2O2. The van der Waals surface area contributed by atoms with Gasteiger partial charge in [0.05, 0.1) is 12.7 Å². The lowest BCUT2D eigenvalue weighted by Gasteiger charge is -2.27. The summed E-state index contributed by atoms with van der Waals surface area (Å²) in [4.78, 5) is 17.0. The van der Waals surface area contributed by atoms with Crippen LogP contribution in [0.15, 0.2) is 42.5 Å². The molecule has 0 unspecified atom stereocenters. The minimum atomic E-state index is -4.48. The first-order chi connectivity index (χ1) is 14.6. The fourth-order valence-corrected chi connectivity index (χ4v) is 4.27. The van der Waals surface area contributed by atoms with Crippen LogP contribution in [-0.2, 0) is 17.4 Å². The monoisotopic (exact) mass is 434 g/mol. The largest absolute Gasteiger partial charge is 0.497 e. The topological polar surface area (TPSA) is 32.8 Å². The van der Waals surface area contributed by atoms with Gasteiger partial charge in [-0.25, -0.2) is 0 Å². The second kappa shape index (κ2) is 9.30. The molecular weight excluding hydrogens is 405 g/mol. The molecule has 0 saturated heterocycles. The number of methoxy groups -OCH3 is 1. The lowest BCUT2D eigenvalue weighted by molar-refractivity contribution is -0.138. The van der Waals surface area contributed by atoms with Crippen molar-refractivity contribution >= 4 is 11.6 Å². The number of benzene rings is 2. The second-order valence-corrected chi connectivity index (χ2v) is 8.32. The Morgan fingerprint density at radius 1 is 1.13 bits per heavy atom. The van der Waals surface area contributed by atoms with Crippen LogP contribution in [0.1, 0.15) is 36.0 Å². The maximum absolute atomic E-state index is 13.9. The molecule has 31 heavy (non-hydrogen) atoms. The molecule has 0 spiro atoms. The van der Waals surface area contributed by atoms with E-state index in [1.807, 2.05) is 38.1 Å². The third-order valence-electron chi connectivity index (χ3n) is 5.96. The predicted octanol–water partition coefficient (Wildman–Crippen LogP) is 4.97. The number of alkyl halides is 3. The van der Waals surface area contributed by atoms with E-state index in [4.69, 9.17) is 4.74 Å². The van der Waals surface area contributed by atoms with Crippen LogP contribution in [0.2, 0.25) is 0 Å². The van der Waals surface area contributed by atoms with E-state index in [0.29, 0.717) is 24.4 Å². The Morgan fingerprint density at radius 3 is 2.39 bits per heavy atom. The van der Waals surface area contributed by atoms with E-state index in [0.717, 1.165) is 18.2 Å². The van der Waals surface area contributed by atoms with Crippen molar-refractivity contribution in [1.82, 2.24) is 4.90 Å². The van der Waals surface area contributed by atoms with Gasteiger partial charge >= 0.3 is 6.18 Å². The van der Waals surface area contributed by atoms with Gasteiger partial charge in [0, 0.05) is 18.2 Å². The summed E-state index contributed by atoms with van der Waals surface area (Å²) in [6.07, 6.45) is -3.66. The van der Waals surface area contributed by atoms with Crippen LogP contribution in [0.5, 0.6) is 5.75 Å². The van der Waals surface area contributed by atoms with E-state index >= 15 is 0 Å². The Bertz CT molecular complexity index is 910. The molecule has 0 saturated carbocycles. The summed E-state index contributed by atoms with van der Waals surface area (Å²) in [5.74, 6) is -0.295. The average Bonchev–Trinajstić information content (AvgIpc) is 2.83. The summed E-state index contributed by atoms with van der Waals surface area (Å²) in [6, 6.07) is 11.4. The van der Waals surface area contributed by atoms with Gasteiger partial charge in [-0.3, -0.25) is 4.79 Å². The SMILES string of the molecule is COc1ccc([C@@H]2Cc3c(cccc3C(F)(F)F)N(CCCN(C)C)C(=O)[C@@H]2C)cc1. The quantitative estimate of drug-likeness (QED) is 0.643. The van der Waals surface area contributed by atoms with Crippen LogP contribution in [0.25, 0.3) is 0 Å². The Balaban J connectivity index is 2.08. The lowest BCUT2D eigenvalue weighted by atomic mass is 9.82. The zero-order valence-corrected chi connectivity index (χ0v) is 18.4. The number of ether oxygens (including phenoxy) is 1. The predicted molar refractivity (Wildman–Crippen MR) is 116 cm³/mol. The molecule has 1 aliphatic heterocycles. The summed E-state index contributed by atoms with van der Waals surface area (Å²) in [6.45, 7) is 2.94. The first kappa shape index (κ1) is 23.1. The summed E-state index contributed by atoms with van der Waals surface area (Å²) < 4.78 is 46.9. The molecule has 0 aromatic heterocycles. The van der Waals surface area contributed by atoms with Crippen molar-refractivity contribution in [3.63, 3.8) is 0 Å². The minimum Gasteiger partial charge on any atom is -0.497 e. The summed E-state index contributed by atoms with van der Waals surface area (Å²) in [5.41, 5.74) is 0.738. The Hall–Kier alpha value is -2.54. The van der Waals surface area contributed by atoms with Crippen molar-refractivity contribution in [1.29, 1.82) is 0 Å². The molecule has 1 heterocycles. The highest BCUT2D eigenvalue weighted by atomic mass is 19.4. The highest BCUT2D eigenvalue weighted by Crippen LogP contribution is 2.43. The molecule has 0 N–H and O–H groups in total. The number of anilines is 1. The standard InChI is InChI=1S/C24H29F3N2O2/c1-16-19(17-9-11-18(31-4)12-10-17)15-20-21(24(25,26)27)7-5-8-22(20)29(23(16)30)14-6-13-28(2)3/h5,7-12,16,19H,6,13-15H2,1-4H3/t16-,19-/m1/s1. The molecule has 0 aliphatic carbocycles. The summed E-state index contributed by atoms with van der Waals surface area (Å²) in [5, 5.41) is 0. The second-order valence-electron chi connectivity index (χ2n) is 8.32. The molecule has 2 aromatic rings. The molecule has 7 heteroatoms. The molecule has 0 bridgehead atoms. The normalized spacial score (nSPS) is 19.4. The molecule has 0 fully saturated rings. The third kappa shape index (κ3) is 5.03. The van der Waals surface area contributed by atoms with Crippen LogP contribution in [0.4, 0.5) is 18.9 Å². The highest BCUT2D eigenvalue weighted by Gasteiger charge is 2.40. The number of fused-ring (bicyclic) bond motifs is 1. The number of nitrogens with zero attached hydrogens (tertiary/aromatic N) is 2. The van der Waals surface area contributed by atoms with Crippen LogP contribution in [-0.4, -0.2) is 45.1 Å². The number of rotatable bonds is 6. The Kier molecular flexibility index (Phi) is 6.94. The number of amides is 1. The van der Waals surface area contributed by atoms with Gasteiger partial charge < -0.3 is 14.5 Å². The van der Waals surface area contributed by atoms with E-state index in [1.165, 1.54) is 6.07 Å². The van der Waals surface area contributed by atoms with Crippen molar-refractivity contribution in [2.24, 2.45) is 5.92 Å². The molecule has 0 radical (unpaired) electrons. The van der Waals surface area contributed by atoms with Gasteiger partial charge in [0.15, 0.2) is 0 Å². The summed E-state index contributed by atoms with van der Waals surface area (Å²) in [7, 11) is 5.43. The maximum atomic E-state index is 13.9. The molecule has 1 aliphatic rings. The Morgan fingerprint density at radius 2 is 1.81 bits per heavy atom. The molecule has 168 valence electrons. The average molecular weight is 435 g/mol. The molecule has 3 rings (SSSR count). The van der Waals surface area contributed by atoms with Gasteiger partial charge in [0.25, 0.3) is 0 Å². The summed E-state index contributed by atoms with van der Waals surface area (Å²) >= 11 is 0. The molecule has 2 atom stereocenters. The first-order valence-electron chi connectivity index (χ1n) is 10.4.